The minimum Gasteiger partial charge on any atom is -0.449 e. The van der Waals surface area contributed by atoms with E-state index >= 15 is 0 Å². The van der Waals surface area contributed by atoms with E-state index in [2.05, 4.69) is 10.3 Å². The van der Waals surface area contributed by atoms with Gasteiger partial charge in [0.25, 0.3) is 5.91 Å². The average molecular weight is 416 g/mol. The minimum absolute atomic E-state index is 0.0420. The highest BCUT2D eigenvalue weighted by Gasteiger charge is 2.24. The molecule has 1 atom stereocenters. The van der Waals surface area contributed by atoms with Crippen LogP contribution in [0.3, 0.4) is 0 Å². The van der Waals surface area contributed by atoms with Crippen molar-refractivity contribution in [3.63, 3.8) is 0 Å². The van der Waals surface area contributed by atoms with Gasteiger partial charge in [-0.2, -0.15) is 0 Å². The zero-order chi connectivity index (χ0) is 20.2. The van der Waals surface area contributed by atoms with E-state index in [1.165, 1.54) is 26.2 Å². The summed E-state index contributed by atoms with van der Waals surface area (Å²) >= 11 is 5.82. The zero-order valence-electron chi connectivity index (χ0n) is 14.2. The maximum atomic E-state index is 13.9. The van der Waals surface area contributed by atoms with Gasteiger partial charge in [-0.15, -0.1) is 0 Å². The molecular formula is C16H15ClFN3O5S. The number of halogens is 2. The molecule has 1 heterocycles. The fourth-order valence-electron chi connectivity index (χ4n) is 1.94. The van der Waals surface area contributed by atoms with Crippen molar-refractivity contribution in [2.24, 2.45) is 0 Å². The SMILES string of the molecule is CNS(=O)(=O)c1ccc(F)c(C(=O)OC(C)C(=O)Nc2cccnc2Cl)c1. The Labute approximate surface area is 159 Å². The highest BCUT2D eigenvalue weighted by molar-refractivity contribution is 7.89. The predicted molar refractivity (Wildman–Crippen MR) is 95.4 cm³/mol. The second-order valence-electron chi connectivity index (χ2n) is 5.23. The average Bonchev–Trinajstić information content (AvgIpc) is 2.63. The quantitative estimate of drug-likeness (QED) is 0.550. The molecule has 1 aromatic heterocycles. The molecule has 0 saturated carbocycles. The first-order valence-corrected chi connectivity index (χ1v) is 9.37. The Kier molecular flexibility index (Phi) is 6.47. The number of esters is 1. The van der Waals surface area contributed by atoms with Crippen molar-refractivity contribution in [3.8, 4) is 0 Å². The fraction of sp³-hybridized carbons (Fsp3) is 0.188. The lowest BCUT2D eigenvalue weighted by molar-refractivity contribution is -0.123. The van der Waals surface area contributed by atoms with Gasteiger partial charge in [-0.1, -0.05) is 11.6 Å². The number of carbonyl (C=O) groups is 2. The van der Waals surface area contributed by atoms with Gasteiger partial charge in [-0.3, -0.25) is 4.79 Å². The van der Waals surface area contributed by atoms with E-state index < -0.39 is 39.4 Å². The van der Waals surface area contributed by atoms with Gasteiger partial charge in [0.1, 0.15) is 5.82 Å². The van der Waals surface area contributed by atoms with Gasteiger partial charge < -0.3 is 10.1 Å². The summed E-state index contributed by atoms with van der Waals surface area (Å²) in [5.74, 6) is -2.91. The summed E-state index contributed by atoms with van der Waals surface area (Å²) in [5.41, 5.74) is -0.411. The smallest absolute Gasteiger partial charge is 0.341 e. The maximum absolute atomic E-state index is 13.9. The van der Waals surface area contributed by atoms with Crippen LogP contribution in [0.2, 0.25) is 5.15 Å². The summed E-state index contributed by atoms with van der Waals surface area (Å²) in [7, 11) is -2.71. The number of anilines is 1. The number of carbonyl (C=O) groups excluding carboxylic acids is 2. The summed E-state index contributed by atoms with van der Waals surface area (Å²) in [4.78, 5) is 27.7. The van der Waals surface area contributed by atoms with Crippen LogP contribution in [0.25, 0.3) is 0 Å². The van der Waals surface area contributed by atoms with Crippen LogP contribution in [0.1, 0.15) is 17.3 Å². The van der Waals surface area contributed by atoms with Crippen molar-refractivity contribution in [1.82, 2.24) is 9.71 Å². The zero-order valence-corrected chi connectivity index (χ0v) is 15.8. The van der Waals surface area contributed by atoms with Crippen LogP contribution in [0.4, 0.5) is 10.1 Å². The topological polar surface area (TPSA) is 114 Å². The molecule has 0 saturated heterocycles. The van der Waals surface area contributed by atoms with Gasteiger partial charge in [-0.25, -0.2) is 27.3 Å². The third-order valence-corrected chi connectivity index (χ3v) is 5.12. The molecule has 27 heavy (non-hydrogen) atoms. The van der Waals surface area contributed by atoms with Gasteiger partial charge in [0, 0.05) is 6.20 Å². The van der Waals surface area contributed by atoms with Crippen LogP contribution in [0.5, 0.6) is 0 Å². The van der Waals surface area contributed by atoms with Crippen LogP contribution in [0, 0.1) is 5.82 Å². The number of hydrogen-bond donors (Lipinski definition) is 2. The Balaban J connectivity index is 2.15. The second-order valence-corrected chi connectivity index (χ2v) is 7.47. The van der Waals surface area contributed by atoms with Crippen molar-refractivity contribution in [3.05, 3.63) is 53.1 Å². The highest BCUT2D eigenvalue weighted by Crippen LogP contribution is 2.19. The molecule has 2 rings (SSSR count). The number of benzene rings is 1. The number of aromatic nitrogens is 1. The highest BCUT2D eigenvalue weighted by atomic mass is 35.5. The van der Waals surface area contributed by atoms with Crippen LogP contribution in [-0.2, 0) is 19.6 Å². The van der Waals surface area contributed by atoms with Crippen LogP contribution < -0.4 is 10.0 Å². The van der Waals surface area contributed by atoms with Gasteiger partial charge in [0.2, 0.25) is 10.0 Å². The van der Waals surface area contributed by atoms with E-state index in [1.54, 1.807) is 6.07 Å². The first-order chi connectivity index (χ1) is 12.7. The van der Waals surface area contributed by atoms with E-state index in [9.17, 15) is 22.4 Å². The lowest BCUT2D eigenvalue weighted by atomic mass is 10.2. The second kappa shape index (κ2) is 8.42. The number of hydrogen-bond acceptors (Lipinski definition) is 6. The lowest BCUT2D eigenvalue weighted by Gasteiger charge is -2.14. The van der Waals surface area contributed by atoms with Crippen LogP contribution >= 0.6 is 11.6 Å². The monoisotopic (exact) mass is 415 g/mol. The van der Waals surface area contributed by atoms with Crippen molar-refractivity contribution in [2.75, 3.05) is 12.4 Å². The fourth-order valence-corrected chi connectivity index (χ4v) is 2.86. The normalized spacial score (nSPS) is 12.3. The molecule has 0 fully saturated rings. The van der Waals surface area contributed by atoms with Crippen molar-refractivity contribution in [1.29, 1.82) is 0 Å². The number of nitrogens with one attached hydrogen (secondary N) is 2. The Hall–Kier alpha value is -2.56. The molecule has 0 aliphatic heterocycles. The third-order valence-electron chi connectivity index (χ3n) is 3.41. The molecule has 1 aromatic carbocycles. The molecule has 2 aromatic rings. The van der Waals surface area contributed by atoms with E-state index in [0.717, 1.165) is 18.2 Å². The van der Waals surface area contributed by atoms with Gasteiger partial charge in [0.15, 0.2) is 11.3 Å². The van der Waals surface area contributed by atoms with E-state index in [0.29, 0.717) is 0 Å². The first kappa shape index (κ1) is 20.7. The van der Waals surface area contributed by atoms with Crippen LogP contribution in [0.15, 0.2) is 41.4 Å². The Morgan fingerprint density at radius 3 is 2.63 bits per heavy atom. The summed E-state index contributed by atoms with van der Waals surface area (Å²) in [6.45, 7) is 1.27. The Bertz CT molecular complexity index is 984. The first-order valence-electron chi connectivity index (χ1n) is 7.51. The summed E-state index contributed by atoms with van der Waals surface area (Å²) < 4.78 is 44.5. The summed E-state index contributed by atoms with van der Waals surface area (Å²) in [6.07, 6.45) is 0.119. The molecule has 0 aliphatic carbocycles. The van der Waals surface area contributed by atoms with E-state index in [1.807, 2.05) is 4.72 Å². The summed E-state index contributed by atoms with van der Waals surface area (Å²) in [6, 6.07) is 5.68. The third kappa shape index (κ3) is 5.00. The van der Waals surface area contributed by atoms with Crippen molar-refractivity contribution >= 4 is 39.2 Å². The molecular weight excluding hydrogens is 401 g/mol. The molecule has 0 bridgehead atoms. The number of rotatable bonds is 6. The molecule has 0 radical (unpaired) electrons. The standard InChI is InChI=1S/C16H15ClFN3O5S/c1-9(15(22)21-13-4-3-7-20-14(13)17)26-16(23)11-8-10(5-6-12(11)18)27(24,25)19-2/h3-9,19H,1-2H3,(H,21,22). The molecule has 144 valence electrons. The number of ether oxygens (including phenoxy) is 1. The number of pyridine rings is 1. The Morgan fingerprint density at radius 2 is 2.00 bits per heavy atom. The number of nitrogens with zero attached hydrogens (tertiary/aromatic N) is 1. The molecule has 1 amide bonds. The van der Waals surface area contributed by atoms with Gasteiger partial charge in [-0.05, 0) is 44.3 Å². The van der Waals surface area contributed by atoms with Crippen LogP contribution in [-0.4, -0.2) is 38.4 Å². The van der Waals surface area contributed by atoms with Crippen molar-refractivity contribution in [2.45, 2.75) is 17.9 Å². The summed E-state index contributed by atoms with van der Waals surface area (Å²) in [5, 5.41) is 2.46. The largest absolute Gasteiger partial charge is 0.449 e. The molecule has 1 unspecified atom stereocenters. The Morgan fingerprint density at radius 1 is 1.30 bits per heavy atom. The lowest BCUT2D eigenvalue weighted by Crippen LogP contribution is -2.30. The number of amides is 1. The molecule has 0 spiro atoms. The molecule has 8 nitrogen and oxygen atoms in total. The number of sulfonamides is 1. The predicted octanol–water partition coefficient (Wildman–Crippen LogP) is 1.97. The molecule has 0 aliphatic rings. The minimum atomic E-state index is -3.89. The van der Waals surface area contributed by atoms with Gasteiger partial charge >= 0.3 is 5.97 Å². The maximum Gasteiger partial charge on any atom is 0.341 e. The van der Waals surface area contributed by atoms with E-state index in [4.69, 9.17) is 16.3 Å². The van der Waals surface area contributed by atoms with E-state index in [-0.39, 0.29) is 15.7 Å². The van der Waals surface area contributed by atoms with Gasteiger partial charge in [0.05, 0.1) is 16.1 Å². The molecule has 11 heteroatoms. The molecule has 2 N–H and O–H groups in total. The van der Waals surface area contributed by atoms with Crippen molar-refractivity contribution < 1.29 is 27.1 Å².